The molecular weight excluding hydrogens is 612 g/mol. The van der Waals surface area contributed by atoms with Gasteiger partial charge in [0.1, 0.15) is 18.1 Å². The van der Waals surface area contributed by atoms with Gasteiger partial charge in [-0.25, -0.2) is 0 Å². The van der Waals surface area contributed by atoms with E-state index >= 15 is 0 Å². The molecule has 1 atom stereocenters. The minimum atomic E-state index is -3.02. The molecule has 0 saturated heterocycles. The van der Waals surface area contributed by atoms with Crippen molar-refractivity contribution >= 4 is 28.5 Å². The summed E-state index contributed by atoms with van der Waals surface area (Å²) in [5.74, 6) is 0.593. The summed E-state index contributed by atoms with van der Waals surface area (Å²) in [6.07, 6.45) is 7.75. The van der Waals surface area contributed by atoms with Gasteiger partial charge in [0.2, 0.25) is 5.91 Å². The molecule has 4 rings (SSSR count). The van der Waals surface area contributed by atoms with E-state index in [0.717, 1.165) is 42.6 Å². The maximum atomic E-state index is 13.1. The van der Waals surface area contributed by atoms with Crippen LogP contribution >= 0.6 is 0 Å². The molecule has 46 heavy (non-hydrogen) atoms. The van der Waals surface area contributed by atoms with E-state index in [1.165, 1.54) is 18.2 Å². The number of halogens is 2. The molecule has 11 heteroatoms. The zero-order valence-electron chi connectivity index (χ0n) is 26.4. The second-order valence-electron chi connectivity index (χ2n) is 10.6. The minimum Gasteiger partial charge on any atom is -0.491 e. The Morgan fingerprint density at radius 1 is 0.957 bits per heavy atom. The standard InChI is InChI=1S/C35H41F2N3O5S/c1-4-6-20-43-21-22-44-31-13-7-26(8-14-31)27-9-17-33(45-35(36)37)28(23-27)10-18-34(41)38-29-11-15-32(16-12-29)46(42)25-30-24-39(3)40(30)19-5-2/h7-18,23-24,35H,4-6,19-22,25H2,1-3H3,(H,38,41)/b18-10+. The lowest BCUT2D eigenvalue weighted by atomic mass is 10.0. The lowest BCUT2D eigenvalue weighted by Gasteiger charge is -2.23. The Hall–Kier alpha value is -4.22. The number of amides is 1. The Bertz CT molecular complexity index is 1600. The van der Waals surface area contributed by atoms with Gasteiger partial charge in [0, 0.05) is 48.6 Å². The summed E-state index contributed by atoms with van der Waals surface area (Å²) in [5.41, 5.74) is 3.44. The second-order valence-corrected chi connectivity index (χ2v) is 12.1. The van der Waals surface area contributed by atoms with E-state index in [1.54, 1.807) is 36.4 Å². The van der Waals surface area contributed by atoms with Gasteiger partial charge in [0.15, 0.2) is 0 Å². The van der Waals surface area contributed by atoms with Crippen molar-refractivity contribution in [3.05, 3.63) is 90.3 Å². The fourth-order valence-electron chi connectivity index (χ4n) is 4.75. The Morgan fingerprint density at radius 2 is 1.70 bits per heavy atom. The lowest BCUT2D eigenvalue weighted by molar-refractivity contribution is -0.111. The highest BCUT2D eigenvalue weighted by molar-refractivity contribution is 7.84. The lowest BCUT2D eigenvalue weighted by Crippen LogP contribution is -2.24. The number of benzene rings is 3. The summed E-state index contributed by atoms with van der Waals surface area (Å²) < 4.78 is 59.2. The van der Waals surface area contributed by atoms with Gasteiger partial charge in [-0.2, -0.15) is 8.78 Å². The molecule has 0 bridgehead atoms. The van der Waals surface area contributed by atoms with E-state index in [-0.39, 0.29) is 5.75 Å². The zero-order chi connectivity index (χ0) is 32.9. The largest absolute Gasteiger partial charge is 0.491 e. The number of unbranched alkanes of at least 4 members (excludes halogenated alkanes) is 1. The fraction of sp³-hybridized carbons (Fsp3) is 0.343. The zero-order valence-corrected chi connectivity index (χ0v) is 27.2. The molecule has 246 valence electrons. The molecule has 1 aromatic heterocycles. The van der Waals surface area contributed by atoms with Crippen molar-refractivity contribution in [3.63, 3.8) is 0 Å². The van der Waals surface area contributed by atoms with Gasteiger partial charge in [-0.05, 0) is 78.6 Å². The van der Waals surface area contributed by atoms with Gasteiger partial charge >= 0.3 is 6.61 Å². The van der Waals surface area contributed by atoms with Crippen molar-refractivity contribution < 1.29 is 32.0 Å². The summed E-state index contributed by atoms with van der Waals surface area (Å²) in [5, 5.41) is 2.75. The van der Waals surface area contributed by atoms with Crippen molar-refractivity contribution in [1.82, 2.24) is 9.36 Å². The molecule has 0 aliphatic rings. The molecule has 0 aliphatic heterocycles. The quantitative estimate of drug-likeness (QED) is 0.0881. The van der Waals surface area contributed by atoms with E-state index in [1.807, 2.05) is 42.2 Å². The van der Waals surface area contributed by atoms with Crippen LogP contribution in [0.2, 0.25) is 0 Å². The van der Waals surface area contributed by atoms with Gasteiger partial charge in [0.05, 0.1) is 28.9 Å². The number of anilines is 1. The molecule has 0 aliphatic carbocycles. The molecule has 1 heterocycles. The van der Waals surface area contributed by atoms with Gasteiger partial charge in [0.25, 0.3) is 0 Å². The van der Waals surface area contributed by atoms with Gasteiger partial charge in [-0.15, -0.1) is 0 Å². The van der Waals surface area contributed by atoms with E-state index in [9.17, 15) is 17.8 Å². The Kier molecular flexibility index (Phi) is 13.2. The number of nitrogens with one attached hydrogen (secondary N) is 1. The van der Waals surface area contributed by atoms with Crippen LogP contribution in [-0.2, 0) is 39.7 Å². The third-order valence-corrected chi connectivity index (χ3v) is 8.47. The van der Waals surface area contributed by atoms with Crippen LogP contribution in [0.15, 0.2) is 83.9 Å². The average molecular weight is 654 g/mol. The summed E-state index contributed by atoms with van der Waals surface area (Å²) in [6, 6.07) is 19.0. The highest BCUT2D eigenvalue weighted by atomic mass is 32.2. The second kappa shape index (κ2) is 17.5. The number of aryl methyl sites for hydroxylation is 1. The van der Waals surface area contributed by atoms with Crippen molar-refractivity contribution in [2.45, 2.75) is 56.9 Å². The third kappa shape index (κ3) is 10.1. The van der Waals surface area contributed by atoms with Crippen LogP contribution in [0.1, 0.15) is 44.4 Å². The topological polar surface area (TPSA) is 83.7 Å². The Balaban J connectivity index is 1.37. The van der Waals surface area contributed by atoms with Crippen molar-refractivity contribution in [3.8, 4) is 22.6 Å². The molecular formula is C35H41F2N3O5S. The van der Waals surface area contributed by atoms with Crippen LogP contribution in [-0.4, -0.2) is 45.9 Å². The third-order valence-electron chi connectivity index (χ3n) is 7.11. The van der Waals surface area contributed by atoms with Crippen LogP contribution in [0.25, 0.3) is 17.2 Å². The Labute approximate surface area is 271 Å². The Morgan fingerprint density at radius 3 is 2.37 bits per heavy atom. The number of aromatic nitrogens is 2. The smallest absolute Gasteiger partial charge is 0.387 e. The molecule has 3 aromatic carbocycles. The van der Waals surface area contributed by atoms with Crippen molar-refractivity contribution in [2.24, 2.45) is 7.05 Å². The summed E-state index contributed by atoms with van der Waals surface area (Å²) in [4.78, 5) is 13.4. The maximum Gasteiger partial charge on any atom is 0.387 e. The summed E-state index contributed by atoms with van der Waals surface area (Å²) >= 11 is 0. The molecule has 0 spiro atoms. The first kappa shape index (κ1) is 34.6. The SMILES string of the molecule is CCCCOCCOc1ccc(-c2ccc(OC(F)F)c(/C=C/C(=O)Nc3ccc(S(=O)Cc4cn(C)n4CCC)cc3)c2)cc1. The van der Waals surface area contributed by atoms with Crippen LogP contribution in [0, 0.1) is 0 Å². The number of hydrogen-bond acceptors (Lipinski definition) is 5. The number of hydrogen-bond donors (Lipinski definition) is 1. The molecule has 8 nitrogen and oxygen atoms in total. The molecule has 4 aromatic rings. The number of ether oxygens (including phenoxy) is 3. The van der Waals surface area contributed by atoms with Crippen LogP contribution in [0.3, 0.4) is 0 Å². The molecule has 1 amide bonds. The maximum absolute atomic E-state index is 13.1. The first-order valence-electron chi connectivity index (χ1n) is 15.4. The first-order chi connectivity index (χ1) is 22.3. The van der Waals surface area contributed by atoms with Gasteiger partial charge < -0.3 is 19.5 Å². The normalized spacial score (nSPS) is 12.1. The van der Waals surface area contributed by atoms with Gasteiger partial charge in [-0.3, -0.25) is 18.4 Å². The highest BCUT2D eigenvalue weighted by Gasteiger charge is 2.14. The predicted molar refractivity (Wildman–Crippen MR) is 178 cm³/mol. The van der Waals surface area contributed by atoms with E-state index in [0.29, 0.717) is 47.5 Å². The molecule has 1 N–H and O–H groups in total. The number of nitrogens with zero attached hydrogens (tertiary/aromatic N) is 2. The van der Waals surface area contributed by atoms with Gasteiger partial charge in [-0.1, -0.05) is 38.5 Å². The molecule has 0 fully saturated rings. The number of rotatable bonds is 18. The van der Waals surface area contributed by atoms with Crippen LogP contribution < -0.4 is 14.8 Å². The van der Waals surface area contributed by atoms with E-state index in [4.69, 9.17) is 14.2 Å². The van der Waals surface area contributed by atoms with Crippen molar-refractivity contribution in [1.29, 1.82) is 0 Å². The molecule has 0 radical (unpaired) electrons. The monoisotopic (exact) mass is 653 g/mol. The molecule has 1 unspecified atom stereocenters. The summed E-state index contributed by atoms with van der Waals surface area (Å²) in [7, 11) is 0.726. The van der Waals surface area contributed by atoms with Crippen molar-refractivity contribution in [2.75, 3.05) is 25.1 Å². The highest BCUT2D eigenvalue weighted by Crippen LogP contribution is 2.30. The van der Waals surface area contributed by atoms with Crippen LogP contribution in [0.5, 0.6) is 11.5 Å². The summed E-state index contributed by atoms with van der Waals surface area (Å²) in [6.45, 7) is 3.73. The predicted octanol–water partition coefficient (Wildman–Crippen LogP) is 7.66. The number of carbonyl (C=O) groups excluding carboxylic acids is 1. The molecule has 0 saturated carbocycles. The average Bonchev–Trinajstić information content (AvgIpc) is 3.05. The van der Waals surface area contributed by atoms with Crippen LogP contribution in [0.4, 0.5) is 14.5 Å². The first-order valence-corrected chi connectivity index (χ1v) is 16.7. The van der Waals surface area contributed by atoms with E-state index in [2.05, 4.69) is 23.8 Å². The number of carbonyl (C=O) groups is 1. The fourth-order valence-corrected chi connectivity index (χ4v) is 5.85. The van der Waals surface area contributed by atoms with E-state index < -0.39 is 23.3 Å². The number of alkyl halides is 2. The minimum absolute atomic E-state index is 0.0528.